The normalized spacial score (nSPS) is 12.4. The summed E-state index contributed by atoms with van der Waals surface area (Å²) < 4.78 is 0. The number of nitrogens with zero attached hydrogens (tertiary/aromatic N) is 1. The van der Waals surface area contributed by atoms with Crippen LogP contribution < -0.4 is 11.5 Å². The van der Waals surface area contributed by atoms with Gasteiger partial charge < -0.3 is 16.6 Å². The molecule has 0 aliphatic carbocycles. The summed E-state index contributed by atoms with van der Waals surface area (Å²) in [6.07, 6.45) is 0.645. The van der Waals surface area contributed by atoms with Crippen molar-refractivity contribution in [1.29, 1.82) is 0 Å². The molecule has 1 heterocycles. The van der Waals surface area contributed by atoms with Crippen molar-refractivity contribution in [3.63, 3.8) is 0 Å². The first-order chi connectivity index (χ1) is 7.54. The van der Waals surface area contributed by atoms with Gasteiger partial charge >= 0.3 is 0 Å². The molecule has 5 N–H and O–H groups in total. The Bertz CT molecular complexity index is 384. The van der Waals surface area contributed by atoms with Crippen LogP contribution in [0.2, 0.25) is 0 Å². The number of rotatable bonds is 5. The quantitative estimate of drug-likeness (QED) is 0.656. The number of aliphatic hydroxyl groups is 1. The van der Waals surface area contributed by atoms with Crippen molar-refractivity contribution >= 4 is 23.4 Å². The Morgan fingerprint density at radius 3 is 2.88 bits per heavy atom. The summed E-state index contributed by atoms with van der Waals surface area (Å²) >= 11 is 1.42. The van der Waals surface area contributed by atoms with Crippen LogP contribution in [0.3, 0.4) is 0 Å². The van der Waals surface area contributed by atoms with Gasteiger partial charge in [-0.05, 0) is 18.6 Å². The van der Waals surface area contributed by atoms with Crippen LogP contribution in [0.1, 0.15) is 23.8 Å². The fraction of sp³-hybridized carbons (Fsp3) is 0.400. The number of aliphatic hydroxyl groups excluding tert-OH is 1. The molecule has 1 atom stereocenters. The van der Waals surface area contributed by atoms with E-state index in [9.17, 15) is 4.79 Å². The molecule has 1 aromatic heterocycles. The molecule has 0 radical (unpaired) electrons. The predicted molar refractivity (Wildman–Crippen MR) is 64.2 cm³/mol. The number of primary amides is 1. The van der Waals surface area contributed by atoms with E-state index in [-0.39, 0.29) is 17.6 Å². The van der Waals surface area contributed by atoms with E-state index in [1.165, 1.54) is 17.8 Å². The lowest BCUT2D eigenvalue weighted by Gasteiger charge is -2.10. The van der Waals surface area contributed by atoms with Gasteiger partial charge in [0.25, 0.3) is 5.91 Å². The number of aromatic nitrogens is 1. The van der Waals surface area contributed by atoms with Crippen LogP contribution >= 0.6 is 11.8 Å². The van der Waals surface area contributed by atoms with E-state index >= 15 is 0 Å². The molecule has 0 fully saturated rings. The van der Waals surface area contributed by atoms with Crippen molar-refractivity contribution in [2.24, 2.45) is 5.73 Å². The molecule has 0 aliphatic heterocycles. The summed E-state index contributed by atoms with van der Waals surface area (Å²) in [4.78, 5) is 15.0. The summed E-state index contributed by atoms with van der Waals surface area (Å²) in [6.45, 7) is 2.07. The van der Waals surface area contributed by atoms with E-state index < -0.39 is 5.91 Å². The molecule has 0 aliphatic rings. The molecule has 1 aromatic rings. The number of hydrogen-bond acceptors (Lipinski definition) is 5. The van der Waals surface area contributed by atoms with Crippen molar-refractivity contribution in [2.45, 2.75) is 23.6 Å². The number of thioether (sulfide) groups is 1. The van der Waals surface area contributed by atoms with Gasteiger partial charge in [-0.3, -0.25) is 4.79 Å². The second kappa shape index (κ2) is 5.72. The van der Waals surface area contributed by atoms with Crippen molar-refractivity contribution < 1.29 is 9.90 Å². The van der Waals surface area contributed by atoms with Crippen LogP contribution in [-0.2, 0) is 0 Å². The summed E-state index contributed by atoms with van der Waals surface area (Å²) in [5.74, 6) is -0.573. The second-order valence-electron chi connectivity index (χ2n) is 3.40. The van der Waals surface area contributed by atoms with Gasteiger partial charge in [-0.2, -0.15) is 0 Å². The number of pyridine rings is 1. The number of nitrogen functional groups attached to an aromatic ring is 1. The van der Waals surface area contributed by atoms with Crippen molar-refractivity contribution in [3.05, 3.63) is 17.8 Å². The Balaban J connectivity index is 2.85. The van der Waals surface area contributed by atoms with Gasteiger partial charge in [0.1, 0.15) is 10.7 Å². The molecule has 0 saturated heterocycles. The number of nitrogens with two attached hydrogens (primary N) is 2. The van der Waals surface area contributed by atoms with Crippen molar-refractivity contribution in [3.8, 4) is 0 Å². The monoisotopic (exact) mass is 241 g/mol. The summed E-state index contributed by atoms with van der Waals surface area (Å²) in [7, 11) is 0. The average Bonchev–Trinajstić information content (AvgIpc) is 2.21. The lowest BCUT2D eigenvalue weighted by atomic mass is 10.3. The molecule has 0 saturated carbocycles. The first kappa shape index (κ1) is 12.8. The average molecular weight is 241 g/mol. The molecule has 0 aromatic carbocycles. The molecule has 1 amide bonds. The molecule has 0 spiro atoms. The Labute approximate surface area is 98.2 Å². The highest BCUT2D eigenvalue weighted by atomic mass is 32.2. The minimum Gasteiger partial charge on any atom is -0.397 e. The van der Waals surface area contributed by atoms with Crippen molar-refractivity contribution in [2.75, 3.05) is 12.3 Å². The molecule has 88 valence electrons. The molecular formula is C10H15N3O2S. The third-order valence-electron chi connectivity index (χ3n) is 1.99. The maximum absolute atomic E-state index is 10.9. The van der Waals surface area contributed by atoms with Gasteiger partial charge in [0.15, 0.2) is 0 Å². The minimum atomic E-state index is -0.573. The molecule has 1 rings (SSSR count). The van der Waals surface area contributed by atoms with E-state index in [1.807, 2.05) is 6.92 Å². The smallest absolute Gasteiger partial charge is 0.267 e. The van der Waals surface area contributed by atoms with Crippen LogP contribution in [0.15, 0.2) is 17.2 Å². The number of carbonyl (C=O) groups excluding carboxylic acids is 1. The van der Waals surface area contributed by atoms with E-state index in [0.717, 1.165) is 0 Å². The molecule has 16 heavy (non-hydrogen) atoms. The van der Waals surface area contributed by atoms with Gasteiger partial charge in [-0.25, -0.2) is 4.98 Å². The maximum atomic E-state index is 10.9. The topological polar surface area (TPSA) is 102 Å². The lowest BCUT2D eigenvalue weighted by molar-refractivity contribution is 0.0995. The fourth-order valence-electron chi connectivity index (χ4n) is 1.11. The third kappa shape index (κ3) is 3.39. The fourth-order valence-corrected chi connectivity index (χ4v) is 2.07. The SMILES string of the molecule is CC(CCO)Sc1nc(C(N)=O)ccc1N. The van der Waals surface area contributed by atoms with Crippen LogP contribution in [0, 0.1) is 0 Å². The number of carbonyl (C=O) groups is 1. The van der Waals surface area contributed by atoms with Gasteiger partial charge in [0.05, 0.1) is 5.69 Å². The Hall–Kier alpha value is -1.27. The predicted octanol–water partition coefficient (Wildman–Crippen LogP) is 0.626. The number of hydrogen-bond donors (Lipinski definition) is 3. The first-order valence-corrected chi connectivity index (χ1v) is 5.76. The Morgan fingerprint density at radius 1 is 1.62 bits per heavy atom. The molecular weight excluding hydrogens is 226 g/mol. The van der Waals surface area contributed by atoms with E-state index in [1.54, 1.807) is 6.07 Å². The zero-order valence-electron chi connectivity index (χ0n) is 9.01. The Kier molecular flexibility index (Phi) is 4.57. The summed E-state index contributed by atoms with van der Waals surface area (Å²) in [5.41, 5.74) is 11.6. The molecule has 0 bridgehead atoms. The maximum Gasteiger partial charge on any atom is 0.267 e. The van der Waals surface area contributed by atoms with Crippen LogP contribution in [-0.4, -0.2) is 27.9 Å². The van der Waals surface area contributed by atoms with Gasteiger partial charge in [0.2, 0.25) is 0 Å². The highest BCUT2D eigenvalue weighted by Gasteiger charge is 2.11. The standard InChI is InChI=1S/C10H15N3O2S/c1-6(4-5-14)16-10-7(11)2-3-8(13-10)9(12)15/h2-3,6,14H,4-5,11H2,1H3,(H2,12,15). The molecule has 5 nitrogen and oxygen atoms in total. The van der Waals surface area contributed by atoms with E-state index in [2.05, 4.69) is 4.98 Å². The molecule has 6 heteroatoms. The second-order valence-corrected chi connectivity index (χ2v) is 4.82. The number of anilines is 1. The van der Waals surface area contributed by atoms with Gasteiger partial charge in [0, 0.05) is 11.9 Å². The zero-order chi connectivity index (χ0) is 12.1. The largest absolute Gasteiger partial charge is 0.397 e. The number of amides is 1. The zero-order valence-corrected chi connectivity index (χ0v) is 9.83. The summed E-state index contributed by atoms with van der Waals surface area (Å²) in [6, 6.07) is 3.11. The third-order valence-corrected chi connectivity index (χ3v) is 3.18. The van der Waals surface area contributed by atoms with Crippen molar-refractivity contribution in [1.82, 2.24) is 4.98 Å². The first-order valence-electron chi connectivity index (χ1n) is 4.88. The van der Waals surface area contributed by atoms with Crippen LogP contribution in [0.25, 0.3) is 0 Å². The van der Waals surface area contributed by atoms with Gasteiger partial charge in [-0.1, -0.05) is 6.92 Å². The van der Waals surface area contributed by atoms with E-state index in [4.69, 9.17) is 16.6 Å². The Morgan fingerprint density at radius 2 is 2.31 bits per heavy atom. The summed E-state index contributed by atoms with van der Waals surface area (Å²) in [5, 5.41) is 9.55. The minimum absolute atomic E-state index is 0.115. The molecule has 1 unspecified atom stereocenters. The van der Waals surface area contributed by atoms with Gasteiger partial charge in [-0.15, -0.1) is 11.8 Å². The lowest BCUT2D eigenvalue weighted by Crippen LogP contribution is -2.14. The van der Waals surface area contributed by atoms with Crippen LogP contribution in [0.5, 0.6) is 0 Å². The highest BCUT2D eigenvalue weighted by molar-refractivity contribution is 8.00. The van der Waals surface area contributed by atoms with E-state index in [0.29, 0.717) is 17.1 Å². The highest BCUT2D eigenvalue weighted by Crippen LogP contribution is 2.28. The van der Waals surface area contributed by atoms with Crippen LogP contribution in [0.4, 0.5) is 5.69 Å².